The third-order valence-electron chi connectivity index (χ3n) is 5.15. The molecule has 2 aliphatic heterocycles. The number of hydrogen-bond acceptors (Lipinski definition) is 4. The van der Waals surface area contributed by atoms with Crippen molar-refractivity contribution in [1.82, 2.24) is 10.6 Å². The van der Waals surface area contributed by atoms with Gasteiger partial charge in [0.1, 0.15) is 0 Å². The summed E-state index contributed by atoms with van der Waals surface area (Å²) >= 11 is 0. The lowest BCUT2D eigenvalue weighted by molar-refractivity contribution is -0.153. The Morgan fingerprint density at radius 3 is 2.50 bits per heavy atom. The van der Waals surface area contributed by atoms with E-state index in [1.165, 1.54) is 26.0 Å². The summed E-state index contributed by atoms with van der Waals surface area (Å²) < 4.78 is 46.7. The summed E-state index contributed by atoms with van der Waals surface area (Å²) in [5.41, 5.74) is 0.741. The molecule has 2 atom stereocenters. The van der Waals surface area contributed by atoms with E-state index >= 15 is 0 Å². The molecule has 2 heterocycles. The lowest BCUT2D eigenvalue weighted by Crippen LogP contribution is -2.39. The SMILES string of the molecule is COc1cc(CNC(=O)CC2CC3CCC(C2)N3)ccc1OCC(F)(F)F.Cl. The number of fused-ring (bicyclic) bond motifs is 2. The fourth-order valence-corrected chi connectivity index (χ4v) is 3.98. The molecular weight excluding hydrogens is 397 g/mol. The highest BCUT2D eigenvalue weighted by Gasteiger charge is 2.34. The summed E-state index contributed by atoms with van der Waals surface area (Å²) in [7, 11) is 1.36. The average Bonchev–Trinajstić information content (AvgIpc) is 2.96. The van der Waals surface area contributed by atoms with Crippen LogP contribution in [0.4, 0.5) is 13.2 Å². The summed E-state index contributed by atoms with van der Waals surface area (Å²) in [5, 5.41) is 6.45. The largest absolute Gasteiger partial charge is 0.493 e. The fraction of sp³-hybridized carbons (Fsp3) is 0.632. The number of benzene rings is 1. The summed E-state index contributed by atoms with van der Waals surface area (Å²) in [6.07, 6.45) is 0.590. The van der Waals surface area contributed by atoms with Gasteiger partial charge in [0.05, 0.1) is 7.11 Å². The van der Waals surface area contributed by atoms with Crippen molar-refractivity contribution in [2.75, 3.05) is 13.7 Å². The smallest absolute Gasteiger partial charge is 0.422 e. The molecule has 158 valence electrons. The van der Waals surface area contributed by atoms with Gasteiger partial charge in [0, 0.05) is 25.0 Å². The second kappa shape index (κ2) is 9.69. The molecule has 0 spiro atoms. The molecule has 3 rings (SSSR count). The van der Waals surface area contributed by atoms with E-state index in [1.807, 2.05) is 0 Å². The molecule has 2 unspecified atom stereocenters. The van der Waals surface area contributed by atoms with Crippen LogP contribution < -0.4 is 20.1 Å². The molecule has 9 heteroatoms. The van der Waals surface area contributed by atoms with Crippen LogP contribution in [0.2, 0.25) is 0 Å². The second-order valence-electron chi connectivity index (χ2n) is 7.35. The number of piperidine rings is 1. The monoisotopic (exact) mass is 422 g/mol. The van der Waals surface area contributed by atoms with Crippen molar-refractivity contribution in [3.8, 4) is 11.5 Å². The van der Waals surface area contributed by atoms with Gasteiger partial charge in [0.25, 0.3) is 0 Å². The zero-order valence-corrected chi connectivity index (χ0v) is 16.5. The topological polar surface area (TPSA) is 59.6 Å². The van der Waals surface area contributed by atoms with E-state index in [1.54, 1.807) is 12.1 Å². The Balaban J connectivity index is 0.00000280. The summed E-state index contributed by atoms with van der Waals surface area (Å²) in [6, 6.07) is 5.73. The van der Waals surface area contributed by atoms with Crippen LogP contribution >= 0.6 is 12.4 Å². The van der Waals surface area contributed by atoms with Gasteiger partial charge in [0.15, 0.2) is 18.1 Å². The van der Waals surface area contributed by atoms with Gasteiger partial charge in [-0.05, 0) is 49.3 Å². The van der Waals surface area contributed by atoms with E-state index in [4.69, 9.17) is 9.47 Å². The van der Waals surface area contributed by atoms with Crippen LogP contribution in [0.1, 0.15) is 37.7 Å². The molecule has 2 aliphatic rings. The third kappa shape index (κ3) is 6.44. The van der Waals surface area contributed by atoms with Crippen molar-refractivity contribution in [2.24, 2.45) is 5.92 Å². The number of carbonyl (C=O) groups is 1. The number of halogens is 4. The van der Waals surface area contributed by atoms with Crippen molar-refractivity contribution < 1.29 is 27.4 Å². The highest BCUT2D eigenvalue weighted by Crippen LogP contribution is 2.33. The van der Waals surface area contributed by atoms with Crippen LogP contribution in [-0.2, 0) is 11.3 Å². The number of alkyl halides is 3. The molecular formula is C19H26ClF3N2O3. The Morgan fingerprint density at radius 1 is 1.21 bits per heavy atom. The molecule has 0 radical (unpaired) electrons. The van der Waals surface area contributed by atoms with E-state index in [2.05, 4.69) is 10.6 Å². The maximum absolute atomic E-state index is 12.3. The van der Waals surface area contributed by atoms with Gasteiger partial charge in [-0.15, -0.1) is 12.4 Å². The van der Waals surface area contributed by atoms with Gasteiger partial charge >= 0.3 is 6.18 Å². The summed E-state index contributed by atoms with van der Waals surface area (Å²) in [5.74, 6) is 0.644. The highest BCUT2D eigenvalue weighted by molar-refractivity contribution is 5.85. The molecule has 0 aromatic heterocycles. The molecule has 28 heavy (non-hydrogen) atoms. The Labute approximate surface area is 168 Å². The predicted molar refractivity (Wildman–Crippen MR) is 101 cm³/mol. The molecule has 1 amide bonds. The standard InChI is InChI=1S/C19H25F3N2O3.ClH/c1-26-17-8-12(2-5-16(17)27-11-19(20,21)22)10-23-18(25)9-13-6-14-3-4-15(7-13)24-14;/h2,5,8,13-15,24H,3-4,6-7,9-11H2,1H3,(H,23,25);1H. The molecule has 2 saturated heterocycles. The molecule has 5 nitrogen and oxygen atoms in total. The van der Waals surface area contributed by atoms with Gasteiger partial charge in [-0.25, -0.2) is 0 Å². The quantitative estimate of drug-likeness (QED) is 0.705. The summed E-state index contributed by atoms with van der Waals surface area (Å²) in [4.78, 5) is 12.2. The molecule has 0 saturated carbocycles. The summed E-state index contributed by atoms with van der Waals surface area (Å²) in [6.45, 7) is -1.08. The minimum absolute atomic E-state index is 0. The number of rotatable bonds is 7. The molecule has 2 bridgehead atoms. The van der Waals surface area contributed by atoms with Gasteiger partial charge in [0.2, 0.25) is 5.91 Å². The number of methoxy groups -OCH3 is 1. The normalized spacial score (nSPS) is 23.6. The minimum Gasteiger partial charge on any atom is -0.493 e. The Bertz CT molecular complexity index is 660. The zero-order valence-electron chi connectivity index (χ0n) is 15.7. The van der Waals surface area contributed by atoms with E-state index in [9.17, 15) is 18.0 Å². The number of carbonyl (C=O) groups excluding carboxylic acids is 1. The Morgan fingerprint density at radius 2 is 1.89 bits per heavy atom. The van der Waals surface area contributed by atoms with Crippen LogP contribution in [0.15, 0.2) is 18.2 Å². The molecule has 1 aromatic rings. The van der Waals surface area contributed by atoms with E-state index in [0.717, 1.165) is 18.4 Å². The van der Waals surface area contributed by atoms with Crippen LogP contribution in [-0.4, -0.2) is 37.9 Å². The van der Waals surface area contributed by atoms with Crippen molar-refractivity contribution in [3.05, 3.63) is 23.8 Å². The maximum Gasteiger partial charge on any atom is 0.422 e. The predicted octanol–water partition coefficient (Wildman–Crippen LogP) is 3.60. The van der Waals surface area contributed by atoms with Crippen LogP contribution in [0.5, 0.6) is 11.5 Å². The first kappa shape index (κ1) is 22.6. The fourth-order valence-electron chi connectivity index (χ4n) is 3.98. The Hall–Kier alpha value is -1.67. The zero-order chi connectivity index (χ0) is 19.4. The first-order valence-electron chi connectivity index (χ1n) is 9.21. The number of hydrogen-bond donors (Lipinski definition) is 2. The molecule has 0 aliphatic carbocycles. The van der Waals surface area contributed by atoms with E-state index in [-0.39, 0.29) is 29.8 Å². The molecule has 2 N–H and O–H groups in total. The van der Waals surface area contributed by atoms with Gasteiger partial charge in [-0.2, -0.15) is 13.2 Å². The van der Waals surface area contributed by atoms with Gasteiger partial charge < -0.3 is 20.1 Å². The van der Waals surface area contributed by atoms with Crippen LogP contribution in [0.25, 0.3) is 0 Å². The van der Waals surface area contributed by atoms with Crippen LogP contribution in [0.3, 0.4) is 0 Å². The van der Waals surface area contributed by atoms with Crippen molar-refractivity contribution >= 4 is 18.3 Å². The number of nitrogens with one attached hydrogen (secondary N) is 2. The first-order chi connectivity index (χ1) is 12.8. The molecule has 2 fully saturated rings. The van der Waals surface area contributed by atoms with Crippen molar-refractivity contribution in [1.29, 1.82) is 0 Å². The lowest BCUT2D eigenvalue weighted by atomic mass is 9.89. The second-order valence-corrected chi connectivity index (χ2v) is 7.35. The van der Waals surface area contributed by atoms with Gasteiger partial charge in [-0.1, -0.05) is 6.07 Å². The maximum atomic E-state index is 12.3. The van der Waals surface area contributed by atoms with E-state index < -0.39 is 12.8 Å². The molecule has 1 aromatic carbocycles. The van der Waals surface area contributed by atoms with Gasteiger partial charge in [-0.3, -0.25) is 4.79 Å². The minimum atomic E-state index is -4.41. The Kier molecular flexibility index (Phi) is 7.83. The third-order valence-corrected chi connectivity index (χ3v) is 5.15. The van der Waals surface area contributed by atoms with Crippen LogP contribution in [0, 0.1) is 5.92 Å². The average molecular weight is 423 g/mol. The van der Waals surface area contributed by atoms with Crippen molar-refractivity contribution in [3.63, 3.8) is 0 Å². The van der Waals surface area contributed by atoms with Crippen molar-refractivity contribution in [2.45, 2.75) is 56.9 Å². The number of amides is 1. The van der Waals surface area contributed by atoms with E-state index in [0.29, 0.717) is 31.0 Å². The number of ether oxygens (including phenoxy) is 2. The first-order valence-corrected chi connectivity index (χ1v) is 9.21. The highest BCUT2D eigenvalue weighted by atomic mass is 35.5. The lowest BCUT2D eigenvalue weighted by Gasteiger charge is -2.28.